The minimum Gasteiger partial charge on any atom is -0.726 e. The molecule has 266 valence electrons. The molecule has 0 spiro atoms. The number of carbonyl (C=O) groups is 1. The third-order valence-electron chi connectivity index (χ3n) is 7.84. The molecular weight excluding hydrogens is 649 g/mol. The maximum Gasteiger partial charge on any atom is 1.00 e. The number of ether oxygens (including phenoxy) is 5. The fourth-order valence-electron chi connectivity index (χ4n) is 5.05. The van der Waals surface area contributed by atoms with Crippen LogP contribution in [0.2, 0.25) is 0 Å². The minimum absolute atomic E-state index is 0. The van der Waals surface area contributed by atoms with E-state index in [0.717, 1.165) is 32.1 Å². The number of hydrogen-bond donors (Lipinski definition) is 7. The molecule has 0 saturated carbocycles. The molecule has 0 radical (unpaired) electrons. The number of hydrogen-bond acceptors (Lipinski definition) is 16. The average molecular weight is 700 g/mol. The Labute approximate surface area is 292 Å². The first kappa shape index (κ1) is 43.9. The van der Waals surface area contributed by atoms with Crippen LogP contribution in [0.1, 0.15) is 59.3 Å². The third-order valence-corrected chi connectivity index (χ3v) is 8.24. The molecule has 0 bridgehead atoms. The first-order chi connectivity index (χ1) is 21.2. The van der Waals surface area contributed by atoms with Crippen LogP contribution in [-0.4, -0.2) is 151 Å². The van der Waals surface area contributed by atoms with Crippen molar-refractivity contribution in [2.24, 2.45) is 5.41 Å². The van der Waals surface area contributed by atoms with E-state index in [2.05, 4.69) is 16.4 Å². The normalized spacial score (nSPS) is 32.1. The van der Waals surface area contributed by atoms with Gasteiger partial charge in [-0.15, -0.1) is 0 Å². The summed E-state index contributed by atoms with van der Waals surface area (Å²) in [5, 5.41) is 64.1. The van der Waals surface area contributed by atoms with E-state index in [0.29, 0.717) is 6.42 Å². The predicted molar refractivity (Wildman–Crippen MR) is 152 cm³/mol. The largest absolute Gasteiger partial charge is 1.00 e. The molecule has 2 heterocycles. The molecule has 17 nitrogen and oxygen atoms in total. The number of rotatable bonds is 20. The van der Waals surface area contributed by atoms with Crippen molar-refractivity contribution in [3.8, 4) is 0 Å². The summed E-state index contributed by atoms with van der Waals surface area (Å²) in [5.74, 6) is -0.547. The van der Waals surface area contributed by atoms with Gasteiger partial charge in [-0.25, -0.2) is 8.42 Å². The molecular formula is C27H50NNaO16S. The monoisotopic (exact) mass is 699 g/mol. The van der Waals surface area contributed by atoms with Crippen LogP contribution in [-0.2, 0) is 43.1 Å². The van der Waals surface area contributed by atoms with Crippen molar-refractivity contribution in [1.82, 2.24) is 5.32 Å². The van der Waals surface area contributed by atoms with E-state index in [-0.39, 0.29) is 36.2 Å². The molecule has 0 aromatic carbocycles. The van der Waals surface area contributed by atoms with Gasteiger partial charge < -0.3 is 64.2 Å². The summed E-state index contributed by atoms with van der Waals surface area (Å²) in [5.41, 5.74) is -1.83. The third kappa shape index (κ3) is 13.3. The SMILES string of the molecule is CCCCCCCCO[C@H]1O[C@@H](CO)[C@@H](OCC(CO)(CO)COS(=O)(=O)[O-])[C@H](O[C@@H]2OC(C)[C@@H](O)[C@H](O)[C@@H]2O)[C@@H]1NC(C)=O.[Na+]. The van der Waals surface area contributed by atoms with Crippen molar-refractivity contribution < 1.29 is 106 Å². The van der Waals surface area contributed by atoms with Gasteiger partial charge >= 0.3 is 29.6 Å². The first-order valence-electron chi connectivity index (χ1n) is 15.2. The quantitative estimate of drug-likeness (QED) is 0.0271. The smallest absolute Gasteiger partial charge is 0.726 e. The van der Waals surface area contributed by atoms with Gasteiger partial charge in [-0.3, -0.25) is 8.98 Å². The molecule has 0 aliphatic carbocycles. The Morgan fingerprint density at radius 3 is 2.09 bits per heavy atom. The molecule has 2 aliphatic rings. The Morgan fingerprint density at radius 1 is 0.891 bits per heavy atom. The van der Waals surface area contributed by atoms with E-state index in [4.69, 9.17) is 23.7 Å². The average Bonchev–Trinajstić information content (AvgIpc) is 2.99. The van der Waals surface area contributed by atoms with Gasteiger partial charge in [-0.05, 0) is 13.3 Å². The molecule has 10 atom stereocenters. The zero-order valence-electron chi connectivity index (χ0n) is 26.9. The molecule has 2 fully saturated rings. The Morgan fingerprint density at radius 2 is 1.52 bits per heavy atom. The van der Waals surface area contributed by atoms with Crippen molar-refractivity contribution in [3.63, 3.8) is 0 Å². The standard InChI is InChI=1S/C27H51NO16S.Na/c1-4-5-6-7-8-9-10-39-25-19(28-17(3)32)24(44-26-22(35)21(34)20(33)16(2)42-26)23(18(11-29)43-25)40-14-27(12-30,13-31)15-41-45(36,37)38;/h16,18-26,29-31,33-35H,4-15H2,1-3H3,(H,28,32)(H,36,37,38);/q;+1/p-1/t16?,18-,19-,20+,21-,22-,23+,24+,25-,26-;/m0./s1. The molecule has 7 N–H and O–H groups in total. The van der Waals surface area contributed by atoms with Crippen LogP contribution in [0.25, 0.3) is 0 Å². The number of aliphatic hydroxyl groups is 6. The molecule has 2 saturated heterocycles. The maximum absolute atomic E-state index is 12.3. The van der Waals surface area contributed by atoms with Crippen LogP contribution in [0.3, 0.4) is 0 Å². The van der Waals surface area contributed by atoms with Gasteiger partial charge in [-0.1, -0.05) is 39.0 Å². The molecule has 0 aromatic rings. The number of amides is 1. The van der Waals surface area contributed by atoms with Gasteiger partial charge in [0.1, 0.15) is 42.7 Å². The molecule has 19 heteroatoms. The number of carbonyl (C=O) groups excluding carboxylic acids is 1. The van der Waals surface area contributed by atoms with Crippen molar-refractivity contribution in [1.29, 1.82) is 0 Å². The van der Waals surface area contributed by atoms with E-state index in [1.54, 1.807) is 0 Å². The van der Waals surface area contributed by atoms with Crippen LogP contribution in [0.4, 0.5) is 0 Å². The summed E-state index contributed by atoms with van der Waals surface area (Å²) in [6.45, 7) is 0.861. The van der Waals surface area contributed by atoms with E-state index >= 15 is 0 Å². The van der Waals surface area contributed by atoms with E-state index in [1.807, 2.05) is 0 Å². The van der Waals surface area contributed by atoms with Crippen molar-refractivity contribution in [3.05, 3.63) is 0 Å². The molecule has 0 aromatic heterocycles. The minimum atomic E-state index is -5.20. The van der Waals surface area contributed by atoms with Crippen molar-refractivity contribution in [2.45, 2.75) is 121 Å². The fraction of sp³-hybridized carbons (Fsp3) is 0.963. The van der Waals surface area contributed by atoms with Gasteiger partial charge in [-0.2, -0.15) is 0 Å². The molecule has 1 amide bonds. The summed E-state index contributed by atoms with van der Waals surface area (Å²) in [6.07, 6.45) is -6.87. The number of unbranched alkanes of at least 4 members (excludes halogenated alkanes) is 5. The summed E-state index contributed by atoms with van der Waals surface area (Å²) in [4.78, 5) is 12.3. The summed E-state index contributed by atoms with van der Waals surface area (Å²) in [6, 6.07) is -1.18. The van der Waals surface area contributed by atoms with Crippen molar-refractivity contribution in [2.75, 3.05) is 39.6 Å². The van der Waals surface area contributed by atoms with Gasteiger partial charge in [0.15, 0.2) is 12.6 Å². The Balaban J connectivity index is 0.0000106. The molecule has 1 unspecified atom stereocenters. The first-order valence-corrected chi connectivity index (χ1v) is 16.5. The zero-order chi connectivity index (χ0) is 33.8. The number of aliphatic hydroxyl groups excluding tert-OH is 6. The second kappa shape index (κ2) is 21.2. The van der Waals surface area contributed by atoms with Crippen LogP contribution < -0.4 is 34.9 Å². The summed E-state index contributed by atoms with van der Waals surface area (Å²) < 4.78 is 67.0. The van der Waals surface area contributed by atoms with Crippen molar-refractivity contribution >= 4 is 16.3 Å². The summed E-state index contributed by atoms with van der Waals surface area (Å²) >= 11 is 0. The molecule has 46 heavy (non-hydrogen) atoms. The van der Waals surface area contributed by atoms with E-state index in [1.165, 1.54) is 13.8 Å². The van der Waals surface area contributed by atoms with Gasteiger partial charge in [0.05, 0.1) is 44.6 Å². The fourth-order valence-corrected chi connectivity index (χ4v) is 5.45. The van der Waals surface area contributed by atoms with Gasteiger partial charge in [0, 0.05) is 13.5 Å². The van der Waals surface area contributed by atoms with Crippen LogP contribution in [0.15, 0.2) is 0 Å². The van der Waals surface area contributed by atoms with Crippen LogP contribution in [0, 0.1) is 5.41 Å². The Bertz CT molecular complexity index is 975. The molecule has 2 rings (SSSR count). The van der Waals surface area contributed by atoms with E-state index < -0.39 is 116 Å². The topological polar surface area (TPSA) is 263 Å². The van der Waals surface area contributed by atoms with Gasteiger partial charge in [0.2, 0.25) is 16.3 Å². The second-order valence-corrected chi connectivity index (χ2v) is 12.7. The molecule has 2 aliphatic heterocycles. The second-order valence-electron chi connectivity index (χ2n) is 11.6. The van der Waals surface area contributed by atoms with Gasteiger partial charge in [0.25, 0.3) is 0 Å². The zero-order valence-corrected chi connectivity index (χ0v) is 29.7. The number of nitrogens with one attached hydrogen (secondary N) is 1. The maximum atomic E-state index is 12.3. The van der Waals surface area contributed by atoms with E-state index in [9.17, 15) is 48.4 Å². The Hall–Kier alpha value is -0.100. The van der Waals surface area contributed by atoms with Crippen LogP contribution in [0.5, 0.6) is 0 Å². The Kier molecular flexibility index (Phi) is 20.2. The summed E-state index contributed by atoms with van der Waals surface area (Å²) in [7, 11) is -5.20. The van der Waals surface area contributed by atoms with Crippen LogP contribution >= 0.6 is 0 Å². The predicted octanol–water partition coefficient (Wildman–Crippen LogP) is -5.36.